The quantitative estimate of drug-likeness (QED) is 0.279. The minimum absolute atomic E-state index is 0.0166. The van der Waals surface area contributed by atoms with Crippen molar-refractivity contribution in [3.63, 3.8) is 0 Å². The van der Waals surface area contributed by atoms with Crippen LogP contribution in [0.25, 0.3) is 0 Å². The second kappa shape index (κ2) is 10.8. The van der Waals surface area contributed by atoms with Crippen molar-refractivity contribution in [3.8, 4) is 0 Å². The van der Waals surface area contributed by atoms with Gasteiger partial charge in [0, 0.05) is 6.42 Å². The molecule has 0 spiro atoms. The molecule has 5 N–H and O–H groups in total. The van der Waals surface area contributed by atoms with E-state index >= 15 is 0 Å². The van der Waals surface area contributed by atoms with Crippen LogP contribution in [0.1, 0.15) is 99.3 Å². The molecule has 9 heteroatoms. The number of carbonyl (C=O) groups is 1. The summed E-state index contributed by atoms with van der Waals surface area (Å²) in [5.41, 5.74) is -1.39. The summed E-state index contributed by atoms with van der Waals surface area (Å²) in [6.07, 6.45) is 5.66. The summed E-state index contributed by atoms with van der Waals surface area (Å²) in [5, 5.41) is 36.9. The van der Waals surface area contributed by atoms with Crippen molar-refractivity contribution < 1.29 is 33.1 Å². The van der Waals surface area contributed by atoms with Crippen LogP contribution in [-0.2, 0) is 14.9 Å². The van der Waals surface area contributed by atoms with Crippen LogP contribution in [0.15, 0.2) is 0 Å². The van der Waals surface area contributed by atoms with E-state index in [-0.39, 0.29) is 70.7 Å². The van der Waals surface area contributed by atoms with Gasteiger partial charge in [-0.05, 0) is 111 Å². The lowest BCUT2D eigenvalue weighted by atomic mass is 9.41. The second-order valence-corrected chi connectivity index (χ2v) is 16.3. The van der Waals surface area contributed by atoms with Crippen LogP contribution in [0, 0.1) is 52.3 Å². The van der Waals surface area contributed by atoms with E-state index in [9.17, 15) is 33.1 Å². The van der Waals surface area contributed by atoms with Gasteiger partial charge in [-0.15, -0.1) is 0 Å². The van der Waals surface area contributed by atoms with Crippen LogP contribution in [0.5, 0.6) is 0 Å². The maximum atomic E-state index is 12.7. The first-order valence-corrected chi connectivity index (χ1v) is 16.9. The molecular formula is C30H53NO7S. The maximum Gasteiger partial charge on any atom is 0.267 e. The Labute approximate surface area is 235 Å². The smallest absolute Gasteiger partial charge is 0.267 e. The minimum atomic E-state index is -4.21. The lowest BCUT2D eigenvalue weighted by Crippen LogP contribution is -2.65. The van der Waals surface area contributed by atoms with Gasteiger partial charge in [-0.1, -0.05) is 34.1 Å². The van der Waals surface area contributed by atoms with Crippen molar-refractivity contribution in [3.05, 3.63) is 0 Å². The van der Waals surface area contributed by atoms with E-state index in [1.54, 1.807) is 13.8 Å². The van der Waals surface area contributed by atoms with Crippen molar-refractivity contribution in [2.75, 3.05) is 5.75 Å². The average Bonchev–Trinajstić information content (AvgIpc) is 3.16. The summed E-state index contributed by atoms with van der Waals surface area (Å²) in [6, 6.07) is 0. The molecule has 4 aliphatic rings. The fourth-order valence-electron chi connectivity index (χ4n) is 10.4. The molecule has 0 heterocycles. The Hall–Kier alpha value is -0.740. The maximum absolute atomic E-state index is 12.7. The highest BCUT2D eigenvalue weighted by atomic mass is 32.2. The van der Waals surface area contributed by atoms with Gasteiger partial charge in [-0.3, -0.25) is 9.35 Å². The van der Waals surface area contributed by atoms with E-state index in [2.05, 4.69) is 33.0 Å². The number of aliphatic hydroxyl groups is 3. The zero-order valence-corrected chi connectivity index (χ0v) is 25.6. The first kappa shape index (κ1) is 31.2. The van der Waals surface area contributed by atoms with Gasteiger partial charge in [0.15, 0.2) is 0 Å². The number of hydrogen-bond acceptors (Lipinski definition) is 6. The molecule has 0 bridgehead atoms. The fraction of sp³-hybridized carbons (Fsp3) is 0.967. The first-order valence-electron chi connectivity index (χ1n) is 15.2. The molecule has 39 heavy (non-hydrogen) atoms. The number of fused-ring (bicyclic) bond motifs is 5. The Kier molecular flexibility index (Phi) is 8.66. The molecule has 0 radical (unpaired) electrons. The summed E-state index contributed by atoms with van der Waals surface area (Å²) in [7, 11) is -4.21. The van der Waals surface area contributed by atoms with Gasteiger partial charge >= 0.3 is 0 Å². The number of aliphatic hydroxyl groups excluding tert-OH is 3. The van der Waals surface area contributed by atoms with Gasteiger partial charge in [-0.2, -0.15) is 8.42 Å². The Bertz CT molecular complexity index is 1020. The molecule has 0 saturated heterocycles. The van der Waals surface area contributed by atoms with Crippen molar-refractivity contribution in [1.82, 2.24) is 5.32 Å². The number of nitrogens with one attached hydrogen (secondary N) is 1. The van der Waals surface area contributed by atoms with Crippen LogP contribution in [0.4, 0.5) is 0 Å². The van der Waals surface area contributed by atoms with Crippen LogP contribution in [0.3, 0.4) is 0 Å². The van der Waals surface area contributed by atoms with Gasteiger partial charge in [0.25, 0.3) is 10.1 Å². The third-order valence-corrected chi connectivity index (χ3v) is 13.2. The van der Waals surface area contributed by atoms with E-state index in [0.29, 0.717) is 12.8 Å². The second-order valence-electron chi connectivity index (χ2n) is 14.9. The number of carbonyl (C=O) groups excluding carboxylic acids is 1. The SMILES string of the molecule is CC[C@H]1[C@@H](O)[C@@H]2[C@H](C[C@H](O)[C@]3(C)[C@@H]([C@H](C)CCC(=O)NC(C)(C)CS(=O)(=O)O)CC[C@@H]23)[C@@]2(C)CC[C@@H](O)C[C@@H]12. The summed E-state index contributed by atoms with van der Waals surface area (Å²) in [4.78, 5) is 12.7. The van der Waals surface area contributed by atoms with Crippen LogP contribution >= 0.6 is 0 Å². The summed E-state index contributed by atoms with van der Waals surface area (Å²) >= 11 is 0. The molecular weight excluding hydrogens is 518 g/mol. The van der Waals surface area contributed by atoms with E-state index < -0.39 is 33.6 Å². The molecule has 4 rings (SSSR count). The average molecular weight is 572 g/mol. The predicted octanol–water partition coefficient (Wildman–Crippen LogP) is 3.78. The molecule has 8 nitrogen and oxygen atoms in total. The minimum Gasteiger partial charge on any atom is -0.393 e. The molecule has 12 atom stereocenters. The summed E-state index contributed by atoms with van der Waals surface area (Å²) < 4.78 is 31.8. The number of amides is 1. The standard InChI is InChI=1S/C30H53NO7S/c1-7-19-22-14-18(32)12-13-29(22,5)23-15-24(33)30(6)20(9-10-21(30)26(23)27(19)35)17(2)8-11-25(34)31-28(3,4)16-39(36,37)38/h17-24,26-27,32-33,35H,7-16H2,1-6H3,(H,31,34)(H,36,37,38)/t17-,18-,19-,20-,21+,22+,23+,24+,26+,27-,29+,30-/m1/s1. The van der Waals surface area contributed by atoms with Crippen molar-refractivity contribution in [2.45, 2.75) is 123 Å². The summed E-state index contributed by atoms with van der Waals surface area (Å²) in [6.45, 7) is 12.1. The van der Waals surface area contributed by atoms with Crippen molar-refractivity contribution in [2.24, 2.45) is 52.3 Å². The Morgan fingerprint density at radius 2 is 1.72 bits per heavy atom. The van der Waals surface area contributed by atoms with E-state index in [4.69, 9.17) is 0 Å². The molecule has 0 aromatic rings. The highest BCUT2D eigenvalue weighted by molar-refractivity contribution is 7.85. The van der Waals surface area contributed by atoms with E-state index in [1.165, 1.54) is 0 Å². The molecule has 0 aromatic heterocycles. The largest absolute Gasteiger partial charge is 0.393 e. The molecule has 0 aromatic carbocycles. The molecule has 4 fully saturated rings. The molecule has 4 aliphatic carbocycles. The number of rotatable bonds is 8. The molecule has 0 aliphatic heterocycles. The zero-order chi connectivity index (χ0) is 29.1. The first-order chi connectivity index (χ1) is 17.9. The lowest BCUT2D eigenvalue weighted by molar-refractivity contribution is -0.228. The van der Waals surface area contributed by atoms with Crippen molar-refractivity contribution >= 4 is 16.0 Å². The lowest BCUT2D eigenvalue weighted by Gasteiger charge is -2.65. The molecule has 0 unspecified atom stereocenters. The van der Waals surface area contributed by atoms with Gasteiger partial charge in [0.05, 0.1) is 29.6 Å². The fourth-order valence-corrected chi connectivity index (χ4v) is 11.4. The molecule has 1 amide bonds. The van der Waals surface area contributed by atoms with Gasteiger partial charge < -0.3 is 20.6 Å². The highest BCUT2D eigenvalue weighted by Crippen LogP contribution is 2.69. The normalized spacial score (nSPS) is 45.1. The Balaban J connectivity index is 1.49. The predicted molar refractivity (Wildman–Crippen MR) is 150 cm³/mol. The van der Waals surface area contributed by atoms with E-state index in [1.807, 2.05) is 0 Å². The monoisotopic (exact) mass is 571 g/mol. The topological polar surface area (TPSA) is 144 Å². The van der Waals surface area contributed by atoms with Crippen LogP contribution in [-0.4, -0.2) is 63.8 Å². The van der Waals surface area contributed by atoms with Gasteiger partial charge in [-0.25, -0.2) is 0 Å². The Morgan fingerprint density at radius 3 is 2.33 bits per heavy atom. The third kappa shape index (κ3) is 5.69. The van der Waals surface area contributed by atoms with Crippen LogP contribution in [0.2, 0.25) is 0 Å². The number of hydrogen-bond donors (Lipinski definition) is 5. The highest BCUT2D eigenvalue weighted by Gasteiger charge is 2.67. The summed E-state index contributed by atoms with van der Waals surface area (Å²) in [5.74, 6) is 0.656. The van der Waals surface area contributed by atoms with Gasteiger partial charge in [0.1, 0.15) is 0 Å². The van der Waals surface area contributed by atoms with Gasteiger partial charge in [0.2, 0.25) is 5.91 Å². The molecule has 4 saturated carbocycles. The molecule has 226 valence electrons. The van der Waals surface area contributed by atoms with Crippen LogP contribution < -0.4 is 5.32 Å². The third-order valence-electron chi connectivity index (χ3n) is 12.1. The van der Waals surface area contributed by atoms with Crippen molar-refractivity contribution in [1.29, 1.82) is 0 Å². The zero-order valence-electron chi connectivity index (χ0n) is 24.8. The van der Waals surface area contributed by atoms with E-state index in [0.717, 1.165) is 38.5 Å². The Morgan fingerprint density at radius 1 is 1.05 bits per heavy atom.